The number of halogens is 1. The number of fused-ring (bicyclic) bond motifs is 2. The van der Waals surface area contributed by atoms with E-state index in [0.717, 1.165) is 39.0 Å². The van der Waals surface area contributed by atoms with Gasteiger partial charge in [-0.2, -0.15) is 0 Å². The third kappa shape index (κ3) is 3.76. The number of rotatable bonds is 4. The van der Waals surface area contributed by atoms with E-state index in [9.17, 15) is 4.79 Å². The molecular formula is C28H26ClN3O2. The molecule has 3 heterocycles. The molecule has 5 nitrogen and oxygen atoms in total. The number of hydrogen-bond donors (Lipinski definition) is 1. The first kappa shape index (κ1) is 22.2. The second kappa shape index (κ2) is 8.33. The van der Waals surface area contributed by atoms with Gasteiger partial charge in [0, 0.05) is 40.8 Å². The van der Waals surface area contributed by atoms with Gasteiger partial charge in [-0.25, -0.2) is 4.98 Å². The summed E-state index contributed by atoms with van der Waals surface area (Å²) in [5, 5.41) is 5.66. The Hall–Kier alpha value is -3.57. The number of aromatic nitrogens is 2. The highest BCUT2D eigenvalue weighted by molar-refractivity contribution is 6.29. The first-order valence-electron chi connectivity index (χ1n) is 11.3. The van der Waals surface area contributed by atoms with E-state index in [1.54, 1.807) is 6.07 Å². The van der Waals surface area contributed by atoms with E-state index in [1.807, 2.05) is 52.2 Å². The Morgan fingerprint density at radius 3 is 2.62 bits per heavy atom. The minimum Gasteiger partial charge on any atom is -0.455 e. The van der Waals surface area contributed by atoms with Crippen molar-refractivity contribution in [1.29, 1.82) is 0 Å². The standard InChI is InChI=1S/C28H26ClN3O2/c1-15-12-21(17(3)30-23-7-9-25(29)31-18(23)4)28-22(13-15)26(33)16(2)27(34-28)20-6-8-24-19(14-20)10-11-32(24)5/h6-14,17,30H,1-5H3/t17-/m1/s1. The normalized spacial score (nSPS) is 12.4. The molecule has 1 atom stereocenters. The molecule has 5 rings (SSSR count). The van der Waals surface area contributed by atoms with E-state index in [-0.39, 0.29) is 11.5 Å². The van der Waals surface area contributed by atoms with E-state index >= 15 is 0 Å². The average molecular weight is 472 g/mol. The Kier molecular flexibility index (Phi) is 5.45. The number of pyridine rings is 1. The van der Waals surface area contributed by atoms with Crippen molar-refractivity contribution >= 4 is 39.2 Å². The summed E-state index contributed by atoms with van der Waals surface area (Å²) >= 11 is 6.03. The molecule has 0 bridgehead atoms. The lowest BCUT2D eigenvalue weighted by Gasteiger charge is -2.19. The van der Waals surface area contributed by atoms with Crippen molar-refractivity contribution in [3.8, 4) is 11.3 Å². The number of aryl methyl sites for hydroxylation is 3. The number of nitrogens with zero attached hydrogens (tertiary/aromatic N) is 2. The number of anilines is 1. The molecule has 0 spiro atoms. The van der Waals surface area contributed by atoms with Crippen LogP contribution in [0.3, 0.4) is 0 Å². The van der Waals surface area contributed by atoms with E-state index in [2.05, 4.69) is 46.1 Å². The summed E-state index contributed by atoms with van der Waals surface area (Å²) in [5.41, 5.74) is 6.84. The summed E-state index contributed by atoms with van der Waals surface area (Å²) in [4.78, 5) is 17.8. The van der Waals surface area contributed by atoms with Crippen molar-refractivity contribution in [2.45, 2.75) is 33.7 Å². The lowest BCUT2D eigenvalue weighted by atomic mass is 9.98. The summed E-state index contributed by atoms with van der Waals surface area (Å²) in [6.07, 6.45) is 2.03. The van der Waals surface area contributed by atoms with Crippen molar-refractivity contribution in [1.82, 2.24) is 9.55 Å². The van der Waals surface area contributed by atoms with Gasteiger partial charge in [-0.1, -0.05) is 17.7 Å². The maximum absolute atomic E-state index is 13.5. The van der Waals surface area contributed by atoms with Gasteiger partial charge in [0.25, 0.3) is 0 Å². The van der Waals surface area contributed by atoms with Crippen LogP contribution in [0.15, 0.2) is 63.9 Å². The van der Waals surface area contributed by atoms with Crippen molar-refractivity contribution in [3.05, 3.63) is 92.5 Å². The molecule has 1 N–H and O–H groups in total. The molecule has 5 aromatic rings. The van der Waals surface area contributed by atoms with Gasteiger partial charge in [0.1, 0.15) is 16.5 Å². The lowest BCUT2D eigenvalue weighted by Crippen LogP contribution is -2.13. The Morgan fingerprint density at radius 2 is 1.85 bits per heavy atom. The van der Waals surface area contributed by atoms with Crippen molar-refractivity contribution in [3.63, 3.8) is 0 Å². The van der Waals surface area contributed by atoms with Crippen LogP contribution in [-0.2, 0) is 7.05 Å². The Bertz CT molecular complexity index is 1630. The molecule has 0 unspecified atom stereocenters. The van der Waals surface area contributed by atoms with Gasteiger partial charge in [-0.3, -0.25) is 4.79 Å². The van der Waals surface area contributed by atoms with Gasteiger partial charge >= 0.3 is 0 Å². The van der Waals surface area contributed by atoms with Gasteiger partial charge in [-0.15, -0.1) is 0 Å². The summed E-state index contributed by atoms with van der Waals surface area (Å²) in [6, 6.07) is 15.7. The van der Waals surface area contributed by atoms with Crippen LogP contribution in [0, 0.1) is 20.8 Å². The van der Waals surface area contributed by atoms with Crippen LogP contribution in [0.2, 0.25) is 5.15 Å². The molecule has 34 heavy (non-hydrogen) atoms. The zero-order valence-corrected chi connectivity index (χ0v) is 20.6. The molecule has 0 saturated heterocycles. The van der Waals surface area contributed by atoms with Crippen LogP contribution in [0.4, 0.5) is 5.69 Å². The molecule has 0 amide bonds. The molecule has 0 saturated carbocycles. The molecule has 0 aliphatic carbocycles. The third-order valence-corrected chi connectivity index (χ3v) is 6.64. The predicted molar refractivity (Wildman–Crippen MR) is 140 cm³/mol. The molecule has 6 heteroatoms. The Morgan fingerprint density at radius 1 is 1.06 bits per heavy atom. The number of benzene rings is 2. The highest BCUT2D eigenvalue weighted by Gasteiger charge is 2.20. The second-order valence-corrected chi connectivity index (χ2v) is 9.34. The van der Waals surface area contributed by atoms with Crippen LogP contribution >= 0.6 is 11.6 Å². The quantitative estimate of drug-likeness (QED) is 0.284. The van der Waals surface area contributed by atoms with E-state index in [4.69, 9.17) is 16.0 Å². The smallest absolute Gasteiger partial charge is 0.196 e. The van der Waals surface area contributed by atoms with Crippen LogP contribution in [-0.4, -0.2) is 9.55 Å². The van der Waals surface area contributed by atoms with Gasteiger partial charge in [0.05, 0.1) is 22.8 Å². The monoisotopic (exact) mass is 471 g/mol. The highest BCUT2D eigenvalue weighted by Crippen LogP contribution is 2.33. The number of nitrogens with one attached hydrogen (secondary N) is 1. The van der Waals surface area contributed by atoms with Crippen molar-refractivity contribution in [2.24, 2.45) is 7.05 Å². The summed E-state index contributed by atoms with van der Waals surface area (Å²) in [6.45, 7) is 7.80. The Labute approximate surface area is 203 Å². The maximum Gasteiger partial charge on any atom is 0.196 e. The van der Waals surface area contributed by atoms with Crippen LogP contribution in [0.1, 0.15) is 35.3 Å². The van der Waals surface area contributed by atoms with Crippen molar-refractivity contribution < 1.29 is 4.42 Å². The van der Waals surface area contributed by atoms with Gasteiger partial charge in [-0.05, 0) is 75.7 Å². The van der Waals surface area contributed by atoms with Crippen molar-refractivity contribution in [2.75, 3.05) is 5.32 Å². The van der Waals surface area contributed by atoms with E-state index < -0.39 is 0 Å². The minimum atomic E-state index is -0.126. The first-order valence-corrected chi connectivity index (χ1v) is 11.6. The lowest BCUT2D eigenvalue weighted by molar-refractivity contribution is 0.605. The van der Waals surface area contributed by atoms with E-state index in [1.165, 1.54) is 0 Å². The third-order valence-electron chi connectivity index (χ3n) is 6.43. The van der Waals surface area contributed by atoms with Gasteiger partial charge in [0.15, 0.2) is 5.43 Å². The summed E-state index contributed by atoms with van der Waals surface area (Å²) < 4.78 is 8.60. The fraction of sp³-hybridized carbons (Fsp3) is 0.214. The summed E-state index contributed by atoms with van der Waals surface area (Å²) in [5.74, 6) is 0.602. The molecular weight excluding hydrogens is 446 g/mol. The topological polar surface area (TPSA) is 60.1 Å². The van der Waals surface area contributed by atoms with Crippen LogP contribution < -0.4 is 10.7 Å². The summed E-state index contributed by atoms with van der Waals surface area (Å²) in [7, 11) is 2.02. The fourth-order valence-corrected chi connectivity index (χ4v) is 4.77. The zero-order valence-electron chi connectivity index (χ0n) is 19.9. The van der Waals surface area contributed by atoms with E-state index in [0.29, 0.717) is 27.4 Å². The van der Waals surface area contributed by atoms with Crippen LogP contribution in [0.25, 0.3) is 33.2 Å². The molecule has 0 radical (unpaired) electrons. The van der Waals surface area contributed by atoms with Gasteiger partial charge in [0.2, 0.25) is 0 Å². The SMILES string of the molecule is Cc1cc([C@@H](C)Nc2ccc(Cl)nc2C)c2oc(-c3ccc4c(ccn4C)c3)c(C)c(=O)c2c1. The molecule has 0 aliphatic heterocycles. The molecule has 2 aromatic carbocycles. The minimum absolute atomic E-state index is 0.00843. The average Bonchev–Trinajstić information content (AvgIpc) is 3.18. The number of hydrogen-bond acceptors (Lipinski definition) is 4. The largest absolute Gasteiger partial charge is 0.455 e. The Balaban J connectivity index is 1.68. The molecule has 3 aromatic heterocycles. The highest BCUT2D eigenvalue weighted by atomic mass is 35.5. The molecule has 0 aliphatic rings. The predicted octanol–water partition coefficient (Wildman–Crippen LogP) is 7.10. The zero-order chi connectivity index (χ0) is 24.1. The molecule has 172 valence electrons. The fourth-order valence-electron chi connectivity index (χ4n) is 4.58. The second-order valence-electron chi connectivity index (χ2n) is 8.95. The molecule has 0 fully saturated rings. The van der Waals surface area contributed by atoms with Crippen LogP contribution in [0.5, 0.6) is 0 Å². The van der Waals surface area contributed by atoms with Gasteiger partial charge < -0.3 is 14.3 Å². The first-order chi connectivity index (χ1) is 16.2. The maximum atomic E-state index is 13.5.